The fourth-order valence-corrected chi connectivity index (χ4v) is 3.34. The summed E-state index contributed by atoms with van der Waals surface area (Å²) in [5, 5.41) is 5.42. The highest BCUT2D eigenvalue weighted by Gasteiger charge is 2.34. The standard InChI is InChI=1S/C20H27F2N3O3/c1-4-23-20(28)19(12(2)3)24-16(26)10-14-8-9-17(27)25(14)11-13-6-5-7-15(21)18(13)22/h5-7,12,14,19H,4,8-11H2,1-3H3,(H,23,28)(H,24,26)/t14-,19?/m0/s1. The van der Waals surface area contributed by atoms with E-state index in [2.05, 4.69) is 10.6 Å². The molecule has 0 spiro atoms. The fourth-order valence-electron chi connectivity index (χ4n) is 3.34. The van der Waals surface area contributed by atoms with E-state index in [1.165, 1.54) is 17.0 Å². The van der Waals surface area contributed by atoms with Crippen molar-refractivity contribution in [3.05, 3.63) is 35.4 Å². The number of halogens is 2. The SMILES string of the molecule is CCNC(=O)C(NC(=O)C[C@@H]1CCC(=O)N1Cc1cccc(F)c1F)C(C)C. The monoisotopic (exact) mass is 395 g/mol. The summed E-state index contributed by atoms with van der Waals surface area (Å²) in [6.07, 6.45) is 0.709. The van der Waals surface area contributed by atoms with E-state index in [1.807, 2.05) is 13.8 Å². The summed E-state index contributed by atoms with van der Waals surface area (Å²) in [6, 6.07) is 2.74. The number of carbonyl (C=O) groups is 3. The van der Waals surface area contributed by atoms with Crippen molar-refractivity contribution in [2.45, 2.75) is 58.7 Å². The molecule has 1 unspecified atom stereocenters. The average Bonchev–Trinajstić information content (AvgIpc) is 2.96. The number of hydrogen-bond donors (Lipinski definition) is 2. The van der Waals surface area contributed by atoms with Gasteiger partial charge in [0.25, 0.3) is 0 Å². The minimum Gasteiger partial charge on any atom is -0.355 e. The largest absolute Gasteiger partial charge is 0.355 e. The van der Waals surface area contributed by atoms with Gasteiger partial charge < -0.3 is 15.5 Å². The minimum atomic E-state index is -0.985. The summed E-state index contributed by atoms with van der Waals surface area (Å²) in [6.45, 7) is 5.83. The third-order valence-corrected chi connectivity index (χ3v) is 4.86. The Morgan fingerprint density at radius 3 is 2.64 bits per heavy atom. The summed E-state index contributed by atoms with van der Waals surface area (Å²) in [5.41, 5.74) is 0.0723. The van der Waals surface area contributed by atoms with Crippen LogP contribution in [0.25, 0.3) is 0 Å². The Morgan fingerprint density at radius 1 is 1.29 bits per heavy atom. The number of benzene rings is 1. The van der Waals surface area contributed by atoms with Crippen molar-refractivity contribution in [2.24, 2.45) is 5.92 Å². The van der Waals surface area contributed by atoms with Crippen molar-refractivity contribution >= 4 is 17.7 Å². The van der Waals surface area contributed by atoms with Crippen LogP contribution in [-0.4, -0.2) is 41.2 Å². The Morgan fingerprint density at radius 2 is 2.00 bits per heavy atom. The first-order valence-corrected chi connectivity index (χ1v) is 9.54. The second-order valence-corrected chi connectivity index (χ2v) is 7.31. The maximum atomic E-state index is 14.0. The second kappa shape index (κ2) is 9.61. The zero-order valence-corrected chi connectivity index (χ0v) is 16.4. The van der Waals surface area contributed by atoms with Gasteiger partial charge in [-0.1, -0.05) is 26.0 Å². The molecule has 0 aromatic heterocycles. The van der Waals surface area contributed by atoms with Crippen LogP contribution in [0.1, 0.15) is 45.6 Å². The molecular weight excluding hydrogens is 368 g/mol. The van der Waals surface area contributed by atoms with Gasteiger partial charge in [-0.25, -0.2) is 8.78 Å². The molecule has 2 atom stereocenters. The van der Waals surface area contributed by atoms with E-state index in [-0.39, 0.29) is 48.6 Å². The van der Waals surface area contributed by atoms with Gasteiger partial charge in [0.05, 0.1) is 0 Å². The fraction of sp³-hybridized carbons (Fsp3) is 0.550. The quantitative estimate of drug-likeness (QED) is 0.708. The van der Waals surface area contributed by atoms with E-state index in [0.717, 1.165) is 6.07 Å². The summed E-state index contributed by atoms with van der Waals surface area (Å²) >= 11 is 0. The van der Waals surface area contributed by atoms with E-state index >= 15 is 0 Å². The second-order valence-electron chi connectivity index (χ2n) is 7.31. The molecule has 1 aliphatic rings. The molecule has 1 aromatic rings. The lowest BCUT2D eigenvalue weighted by Gasteiger charge is -2.26. The van der Waals surface area contributed by atoms with Crippen LogP contribution in [0.5, 0.6) is 0 Å². The molecule has 2 N–H and O–H groups in total. The van der Waals surface area contributed by atoms with Gasteiger partial charge in [0, 0.05) is 37.5 Å². The van der Waals surface area contributed by atoms with Crippen molar-refractivity contribution in [3.8, 4) is 0 Å². The average molecular weight is 395 g/mol. The summed E-state index contributed by atoms with van der Waals surface area (Å²) in [4.78, 5) is 38.2. The van der Waals surface area contributed by atoms with Gasteiger partial charge in [-0.15, -0.1) is 0 Å². The van der Waals surface area contributed by atoms with E-state index in [4.69, 9.17) is 0 Å². The highest BCUT2D eigenvalue weighted by molar-refractivity contribution is 5.88. The van der Waals surface area contributed by atoms with E-state index in [9.17, 15) is 23.2 Å². The van der Waals surface area contributed by atoms with Crippen LogP contribution < -0.4 is 10.6 Å². The number of nitrogens with zero attached hydrogens (tertiary/aromatic N) is 1. The molecule has 0 bridgehead atoms. The van der Waals surface area contributed by atoms with Gasteiger partial charge in [0.15, 0.2) is 11.6 Å². The lowest BCUT2D eigenvalue weighted by atomic mass is 10.0. The molecule has 0 aliphatic carbocycles. The third-order valence-electron chi connectivity index (χ3n) is 4.86. The lowest BCUT2D eigenvalue weighted by Crippen LogP contribution is -2.50. The third kappa shape index (κ3) is 5.27. The van der Waals surface area contributed by atoms with Crippen LogP contribution in [0.2, 0.25) is 0 Å². The van der Waals surface area contributed by atoms with Crippen molar-refractivity contribution in [1.29, 1.82) is 0 Å². The molecule has 1 heterocycles. The first kappa shape index (κ1) is 21.8. The normalized spacial score (nSPS) is 17.7. The van der Waals surface area contributed by atoms with Gasteiger partial charge in [-0.05, 0) is 25.3 Å². The van der Waals surface area contributed by atoms with Crippen molar-refractivity contribution < 1.29 is 23.2 Å². The molecule has 0 radical (unpaired) electrons. The predicted molar refractivity (Wildman–Crippen MR) is 100.0 cm³/mol. The zero-order chi connectivity index (χ0) is 20.8. The topological polar surface area (TPSA) is 78.5 Å². The highest BCUT2D eigenvalue weighted by Crippen LogP contribution is 2.25. The molecular formula is C20H27F2N3O3. The molecule has 2 rings (SSSR count). The predicted octanol–water partition coefficient (Wildman–Crippen LogP) is 2.12. The Labute approximate surface area is 163 Å². The maximum Gasteiger partial charge on any atom is 0.242 e. The van der Waals surface area contributed by atoms with Crippen LogP contribution in [-0.2, 0) is 20.9 Å². The van der Waals surface area contributed by atoms with Crippen LogP contribution in [0.15, 0.2) is 18.2 Å². The zero-order valence-electron chi connectivity index (χ0n) is 16.4. The van der Waals surface area contributed by atoms with Crippen molar-refractivity contribution in [3.63, 3.8) is 0 Å². The molecule has 1 saturated heterocycles. The van der Waals surface area contributed by atoms with Gasteiger partial charge in [0.2, 0.25) is 17.7 Å². The molecule has 3 amide bonds. The molecule has 154 valence electrons. The number of rotatable bonds is 8. The molecule has 1 aliphatic heterocycles. The number of likely N-dealkylation sites (N-methyl/N-ethyl adjacent to an activating group) is 1. The lowest BCUT2D eigenvalue weighted by molar-refractivity contribution is -0.132. The van der Waals surface area contributed by atoms with Gasteiger partial charge in [-0.2, -0.15) is 0 Å². The summed E-state index contributed by atoms with van der Waals surface area (Å²) in [5.74, 6) is -2.87. The molecule has 1 aromatic carbocycles. The number of amides is 3. The number of carbonyl (C=O) groups excluding carboxylic acids is 3. The van der Waals surface area contributed by atoms with Crippen LogP contribution >= 0.6 is 0 Å². The summed E-state index contributed by atoms with van der Waals surface area (Å²) in [7, 11) is 0. The minimum absolute atomic E-state index is 0.00526. The number of hydrogen-bond acceptors (Lipinski definition) is 3. The van der Waals surface area contributed by atoms with Gasteiger partial charge >= 0.3 is 0 Å². The Kier molecular flexibility index (Phi) is 7.48. The summed E-state index contributed by atoms with van der Waals surface area (Å²) < 4.78 is 27.4. The molecule has 8 heteroatoms. The molecule has 6 nitrogen and oxygen atoms in total. The van der Waals surface area contributed by atoms with E-state index in [0.29, 0.717) is 13.0 Å². The van der Waals surface area contributed by atoms with Gasteiger partial charge in [-0.3, -0.25) is 14.4 Å². The Bertz CT molecular complexity index is 739. The van der Waals surface area contributed by atoms with E-state index < -0.39 is 23.7 Å². The van der Waals surface area contributed by atoms with Crippen LogP contribution in [0, 0.1) is 17.6 Å². The Hall–Kier alpha value is -2.51. The molecule has 0 saturated carbocycles. The van der Waals surface area contributed by atoms with Gasteiger partial charge in [0.1, 0.15) is 6.04 Å². The Balaban J connectivity index is 2.05. The van der Waals surface area contributed by atoms with Crippen LogP contribution in [0.3, 0.4) is 0 Å². The first-order valence-electron chi connectivity index (χ1n) is 9.54. The van der Waals surface area contributed by atoms with Crippen molar-refractivity contribution in [1.82, 2.24) is 15.5 Å². The van der Waals surface area contributed by atoms with Crippen LogP contribution in [0.4, 0.5) is 8.78 Å². The molecule has 1 fully saturated rings. The van der Waals surface area contributed by atoms with E-state index in [1.54, 1.807) is 6.92 Å². The van der Waals surface area contributed by atoms with Crippen molar-refractivity contribution in [2.75, 3.05) is 6.54 Å². The smallest absolute Gasteiger partial charge is 0.242 e. The maximum absolute atomic E-state index is 14.0. The number of likely N-dealkylation sites (tertiary alicyclic amines) is 1. The number of nitrogens with one attached hydrogen (secondary N) is 2. The highest BCUT2D eigenvalue weighted by atomic mass is 19.2. The first-order chi connectivity index (χ1) is 13.2. The molecule has 28 heavy (non-hydrogen) atoms.